The second-order valence-electron chi connectivity index (χ2n) is 4.15. The molecule has 0 aliphatic rings. The number of carbonyl (C=O) groups excluding carboxylic acids is 1. The number of amides is 1. The average Bonchev–Trinajstić information content (AvgIpc) is 2.46. The molecule has 1 amide bonds. The molecule has 1 atom stereocenters. The zero-order chi connectivity index (χ0) is 15.0. The predicted molar refractivity (Wildman–Crippen MR) is 72.7 cm³/mol. The Kier molecular flexibility index (Phi) is 5.80. The monoisotopic (exact) mass is 270 g/mol. The predicted octanol–water partition coefficient (Wildman–Crippen LogP) is 1.54. The first-order chi connectivity index (χ1) is 9.58. The molecule has 0 aliphatic carbocycles. The summed E-state index contributed by atoms with van der Waals surface area (Å²) in [5, 5.41) is 20.1. The van der Waals surface area contributed by atoms with Gasteiger partial charge in [-0.2, -0.15) is 5.26 Å². The van der Waals surface area contributed by atoms with Gasteiger partial charge in [0, 0.05) is 12.0 Å². The molecule has 0 bridgehead atoms. The van der Waals surface area contributed by atoms with Crippen LogP contribution in [0.1, 0.15) is 35.2 Å². The highest BCUT2D eigenvalue weighted by atomic mass is 16.4. The minimum Gasteiger partial charge on any atom is -0.480 e. The number of nitriles is 1. The summed E-state index contributed by atoms with van der Waals surface area (Å²) in [6.07, 6.45) is 6.38. The topological polar surface area (TPSA) is 90.2 Å². The number of aliphatic carboxylic acids is 1. The Morgan fingerprint density at radius 1 is 1.35 bits per heavy atom. The van der Waals surface area contributed by atoms with Crippen LogP contribution in [0.5, 0.6) is 0 Å². The third kappa shape index (κ3) is 4.47. The second-order valence-corrected chi connectivity index (χ2v) is 4.15. The first-order valence-corrected chi connectivity index (χ1v) is 6.05. The maximum atomic E-state index is 11.9. The van der Waals surface area contributed by atoms with E-state index in [1.807, 2.05) is 6.07 Å². The van der Waals surface area contributed by atoms with E-state index < -0.39 is 17.9 Å². The van der Waals surface area contributed by atoms with Crippen LogP contribution in [-0.2, 0) is 4.79 Å². The number of carboxylic acid groups (broad SMARTS) is 1. The molecule has 5 nitrogen and oxygen atoms in total. The molecule has 0 aromatic heterocycles. The highest BCUT2D eigenvalue weighted by Gasteiger charge is 2.19. The van der Waals surface area contributed by atoms with E-state index in [-0.39, 0.29) is 6.42 Å². The molecule has 0 unspecified atom stereocenters. The molecule has 0 saturated carbocycles. The van der Waals surface area contributed by atoms with Gasteiger partial charge in [-0.05, 0) is 37.1 Å². The van der Waals surface area contributed by atoms with Crippen molar-refractivity contribution in [3.05, 3.63) is 35.4 Å². The van der Waals surface area contributed by atoms with Crippen LogP contribution in [0, 0.1) is 23.7 Å². The number of benzene rings is 1. The van der Waals surface area contributed by atoms with Crippen molar-refractivity contribution in [2.24, 2.45) is 0 Å². The minimum atomic E-state index is -1.09. The molecule has 0 aliphatic heterocycles. The van der Waals surface area contributed by atoms with Crippen molar-refractivity contribution in [1.29, 1.82) is 5.26 Å². The molecule has 1 rings (SSSR count). The lowest BCUT2D eigenvalue weighted by Crippen LogP contribution is -2.40. The van der Waals surface area contributed by atoms with Crippen LogP contribution < -0.4 is 5.32 Å². The summed E-state index contributed by atoms with van der Waals surface area (Å²) in [7, 11) is 0. The number of rotatable bonds is 6. The van der Waals surface area contributed by atoms with Crippen LogP contribution in [0.2, 0.25) is 0 Å². The van der Waals surface area contributed by atoms with Crippen LogP contribution in [0.3, 0.4) is 0 Å². The third-order valence-corrected chi connectivity index (χ3v) is 2.69. The van der Waals surface area contributed by atoms with E-state index in [1.165, 1.54) is 24.3 Å². The lowest BCUT2D eigenvalue weighted by Gasteiger charge is -2.13. The third-order valence-electron chi connectivity index (χ3n) is 2.69. The Morgan fingerprint density at radius 3 is 2.50 bits per heavy atom. The first-order valence-electron chi connectivity index (χ1n) is 6.05. The Hall–Kier alpha value is -2.79. The average molecular weight is 270 g/mol. The van der Waals surface area contributed by atoms with Crippen LogP contribution in [-0.4, -0.2) is 23.0 Å². The van der Waals surface area contributed by atoms with Gasteiger partial charge in [0.1, 0.15) is 6.04 Å². The normalized spacial score (nSPS) is 10.9. The molecule has 0 fully saturated rings. The molecule has 2 N–H and O–H groups in total. The number of carboxylic acids is 1. The molecule has 0 spiro atoms. The fourth-order valence-electron chi connectivity index (χ4n) is 1.60. The number of terminal acetylenes is 1. The molecule has 0 saturated heterocycles. The van der Waals surface area contributed by atoms with E-state index in [9.17, 15) is 9.59 Å². The summed E-state index contributed by atoms with van der Waals surface area (Å²) in [4.78, 5) is 22.9. The van der Waals surface area contributed by atoms with Crippen molar-refractivity contribution in [3.63, 3.8) is 0 Å². The van der Waals surface area contributed by atoms with Gasteiger partial charge in [0.15, 0.2) is 0 Å². The molecule has 0 heterocycles. The maximum absolute atomic E-state index is 11.9. The summed E-state index contributed by atoms with van der Waals surface area (Å²) in [6.45, 7) is 0. The highest BCUT2D eigenvalue weighted by molar-refractivity contribution is 5.96. The lowest BCUT2D eigenvalue weighted by molar-refractivity contribution is -0.139. The van der Waals surface area contributed by atoms with Gasteiger partial charge < -0.3 is 10.4 Å². The number of hydrogen-bond acceptors (Lipinski definition) is 3. The zero-order valence-electron chi connectivity index (χ0n) is 10.8. The van der Waals surface area contributed by atoms with Crippen LogP contribution in [0.25, 0.3) is 0 Å². The van der Waals surface area contributed by atoms with Gasteiger partial charge in [-0.3, -0.25) is 4.79 Å². The largest absolute Gasteiger partial charge is 0.480 e. The van der Waals surface area contributed by atoms with Gasteiger partial charge in [0.05, 0.1) is 11.6 Å². The SMILES string of the molecule is C#CCCC[C@H](NC(=O)c1ccc(C#N)cc1)C(=O)O. The van der Waals surface area contributed by atoms with E-state index in [1.54, 1.807) is 0 Å². The van der Waals surface area contributed by atoms with Gasteiger partial charge >= 0.3 is 5.97 Å². The lowest BCUT2D eigenvalue weighted by atomic mass is 10.1. The van der Waals surface area contributed by atoms with Gasteiger partial charge in [-0.1, -0.05) is 0 Å². The Morgan fingerprint density at radius 2 is 2.00 bits per heavy atom. The first kappa shape index (κ1) is 15.3. The Bertz CT molecular complexity index is 564. The molecular formula is C15H14N2O3. The van der Waals surface area contributed by atoms with Gasteiger partial charge in [-0.15, -0.1) is 12.3 Å². The number of nitrogens with zero attached hydrogens (tertiary/aromatic N) is 1. The summed E-state index contributed by atoms with van der Waals surface area (Å²) < 4.78 is 0. The maximum Gasteiger partial charge on any atom is 0.326 e. The van der Waals surface area contributed by atoms with E-state index >= 15 is 0 Å². The molecular weight excluding hydrogens is 256 g/mol. The quantitative estimate of drug-likeness (QED) is 0.606. The number of carbonyl (C=O) groups is 2. The van der Waals surface area contributed by atoms with Crippen LogP contribution in [0.4, 0.5) is 0 Å². The van der Waals surface area contributed by atoms with Crippen molar-refractivity contribution < 1.29 is 14.7 Å². The van der Waals surface area contributed by atoms with Crippen LogP contribution >= 0.6 is 0 Å². The second kappa shape index (κ2) is 7.60. The Balaban J connectivity index is 2.68. The van der Waals surface area contributed by atoms with Crippen LogP contribution in [0.15, 0.2) is 24.3 Å². The molecule has 0 radical (unpaired) electrons. The van der Waals surface area contributed by atoms with E-state index in [0.29, 0.717) is 24.0 Å². The van der Waals surface area contributed by atoms with Gasteiger partial charge in [0.2, 0.25) is 0 Å². The summed E-state index contributed by atoms with van der Waals surface area (Å²) >= 11 is 0. The summed E-state index contributed by atoms with van der Waals surface area (Å²) in [6, 6.07) is 6.94. The minimum absolute atomic E-state index is 0.279. The fourth-order valence-corrected chi connectivity index (χ4v) is 1.60. The number of nitrogens with one attached hydrogen (secondary N) is 1. The van der Waals surface area contributed by atoms with Gasteiger partial charge in [-0.25, -0.2) is 4.79 Å². The fraction of sp³-hybridized carbons (Fsp3) is 0.267. The van der Waals surface area contributed by atoms with E-state index in [2.05, 4.69) is 11.2 Å². The highest BCUT2D eigenvalue weighted by Crippen LogP contribution is 2.06. The molecule has 102 valence electrons. The van der Waals surface area contributed by atoms with Crippen molar-refractivity contribution >= 4 is 11.9 Å². The Labute approximate surface area is 117 Å². The number of hydrogen-bond donors (Lipinski definition) is 2. The summed E-state index contributed by atoms with van der Waals surface area (Å²) in [5.74, 6) is 0.846. The molecule has 20 heavy (non-hydrogen) atoms. The smallest absolute Gasteiger partial charge is 0.326 e. The zero-order valence-corrected chi connectivity index (χ0v) is 10.8. The molecule has 5 heteroatoms. The molecule has 1 aromatic carbocycles. The van der Waals surface area contributed by atoms with E-state index in [0.717, 1.165) is 0 Å². The molecule has 1 aromatic rings. The van der Waals surface area contributed by atoms with Crippen molar-refractivity contribution in [3.8, 4) is 18.4 Å². The van der Waals surface area contributed by atoms with Gasteiger partial charge in [0.25, 0.3) is 5.91 Å². The number of unbranched alkanes of at least 4 members (excludes halogenated alkanes) is 1. The van der Waals surface area contributed by atoms with Crippen molar-refractivity contribution in [2.45, 2.75) is 25.3 Å². The summed E-state index contributed by atoms with van der Waals surface area (Å²) in [5.41, 5.74) is 0.748. The van der Waals surface area contributed by atoms with Crippen molar-refractivity contribution in [2.75, 3.05) is 0 Å². The standard InChI is InChI=1S/C15H14N2O3/c1-2-3-4-5-13(15(19)20)17-14(18)12-8-6-11(10-16)7-9-12/h1,6-9,13H,3-5H2,(H,17,18)(H,19,20)/t13-/m0/s1. The van der Waals surface area contributed by atoms with Crippen molar-refractivity contribution in [1.82, 2.24) is 5.32 Å². The van der Waals surface area contributed by atoms with E-state index in [4.69, 9.17) is 16.8 Å².